The molecule has 3 aromatic rings. The van der Waals surface area contributed by atoms with Crippen LogP contribution in [0.15, 0.2) is 47.3 Å². The summed E-state index contributed by atoms with van der Waals surface area (Å²) in [5.41, 5.74) is 1.03. The van der Waals surface area contributed by atoms with Gasteiger partial charge in [-0.05, 0) is 36.8 Å². The zero-order valence-corrected chi connectivity index (χ0v) is 14.0. The second-order valence-corrected chi connectivity index (χ2v) is 5.97. The van der Waals surface area contributed by atoms with Crippen LogP contribution in [0.2, 0.25) is 0 Å². The maximum absolute atomic E-state index is 12.4. The third-order valence-corrected chi connectivity index (χ3v) is 4.20. The second-order valence-electron chi connectivity index (χ2n) is 5.97. The molecule has 0 fully saturated rings. The predicted molar refractivity (Wildman–Crippen MR) is 92.9 cm³/mol. The number of carbonyl (C=O) groups excluding carboxylic acids is 1. The van der Waals surface area contributed by atoms with Gasteiger partial charge in [0.15, 0.2) is 11.5 Å². The Bertz CT molecular complexity index is 1050. The van der Waals surface area contributed by atoms with Crippen LogP contribution in [0.1, 0.15) is 18.5 Å². The van der Waals surface area contributed by atoms with Gasteiger partial charge in [0.25, 0.3) is 5.56 Å². The topological polar surface area (TPSA) is 95.3 Å². The van der Waals surface area contributed by atoms with Gasteiger partial charge in [0.2, 0.25) is 12.7 Å². The Morgan fingerprint density at radius 1 is 1.23 bits per heavy atom. The molecule has 1 aliphatic heterocycles. The Hall–Kier alpha value is -3.42. The Kier molecular flexibility index (Phi) is 4.00. The molecular weight excluding hydrogens is 336 g/mol. The first-order valence-corrected chi connectivity index (χ1v) is 8.13. The molecule has 2 heterocycles. The summed E-state index contributed by atoms with van der Waals surface area (Å²) in [5.74, 6) is 1.01. The van der Waals surface area contributed by atoms with Crippen LogP contribution in [0, 0.1) is 0 Å². The number of benzene rings is 2. The van der Waals surface area contributed by atoms with Crippen molar-refractivity contribution in [3.05, 3.63) is 58.4 Å². The highest BCUT2D eigenvalue weighted by Gasteiger charge is 2.17. The van der Waals surface area contributed by atoms with Gasteiger partial charge in [0.05, 0.1) is 11.4 Å². The lowest BCUT2D eigenvalue weighted by Gasteiger charge is -2.15. The van der Waals surface area contributed by atoms with Crippen LogP contribution in [-0.2, 0) is 11.3 Å². The summed E-state index contributed by atoms with van der Waals surface area (Å²) in [6.45, 7) is 1.85. The number of hydrogen-bond acceptors (Lipinski definition) is 6. The number of nitrogens with one attached hydrogen (secondary N) is 1. The van der Waals surface area contributed by atoms with Gasteiger partial charge < -0.3 is 14.8 Å². The quantitative estimate of drug-likeness (QED) is 0.762. The molecule has 2 aromatic carbocycles. The number of fused-ring (bicyclic) bond motifs is 2. The Morgan fingerprint density at radius 3 is 2.92 bits per heavy atom. The predicted octanol–water partition coefficient (Wildman–Crippen LogP) is 1.40. The lowest BCUT2D eigenvalue weighted by molar-refractivity contribution is -0.122. The standard InChI is InChI=1S/C18H16N4O4/c1-11(12-6-7-15-16(8-12)26-10-25-15)19-17(23)9-22-18(24)13-4-2-3-5-14(13)20-21-22/h2-8,11H,9-10H2,1H3,(H,19,23)/t11-/m1/s1. The third-order valence-electron chi connectivity index (χ3n) is 4.20. The maximum Gasteiger partial charge on any atom is 0.278 e. The monoisotopic (exact) mass is 352 g/mol. The number of ether oxygens (including phenoxy) is 2. The molecule has 4 rings (SSSR count). The van der Waals surface area contributed by atoms with E-state index in [-0.39, 0.29) is 30.8 Å². The molecule has 0 saturated carbocycles. The van der Waals surface area contributed by atoms with Crippen molar-refractivity contribution in [2.24, 2.45) is 0 Å². The van der Waals surface area contributed by atoms with Crippen molar-refractivity contribution in [3.8, 4) is 11.5 Å². The first-order chi connectivity index (χ1) is 12.6. The number of carbonyl (C=O) groups is 1. The zero-order chi connectivity index (χ0) is 18.1. The molecule has 0 spiro atoms. The number of rotatable bonds is 4. The van der Waals surface area contributed by atoms with E-state index in [0.29, 0.717) is 22.4 Å². The fourth-order valence-corrected chi connectivity index (χ4v) is 2.82. The summed E-state index contributed by atoms with van der Waals surface area (Å²) < 4.78 is 11.7. The summed E-state index contributed by atoms with van der Waals surface area (Å²) in [5, 5.41) is 11.1. The average molecular weight is 352 g/mol. The van der Waals surface area contributed by atoms with Gasteiger partial charge in [-0.1, -0.05) is 23.4 Å². The Balaban J connectivity index is 1.49. The average Bonchev–Trinajstić information content (AvgIpc) is 3.12. The highest BCUT2D eigenvalue weighted by Crippen LogP contribution is 2.34. The van der Waals surface area contributed by atoms with Crippen LogP contribution in [0.3, 0.4) is 0 Å². The van der Waals surface area contributed by atoms with Crippen LogP contribution in [0.25, 0.3) is 10.9 Å². The van der Waals surface area contributed by atoms with Crippen molar-refractivity contribution in [2.75, 3.05) is 6.79 Å². The van der Waals surface area contributed by atoms with E-state index in [0.717, 1.165) is 10.2 Å². The molecular formula is C18H16N4O4. The van der Waals surface area contributed by atoms with Crippen LogP contribution in [0.5, 0.6) is 11.5 Å². The summed E-state index contributed by atoms with van der Waals surface area (Å²) >= 11 is 0. The Labute approximate surface area is 148 Å². The highest BCUT2D eigenvalue weighted by atomic mass is 16.7. The molecule has 1 amide bonds. The number of nitrogens with zero attached hydrogens (tertiary/aromatic N) is 3. The summed E-state index contributed by atoms with van der Waals surface area (Å²) in [7, 11) is 0. The van der Waals surface area contributed by atoms with Crippen LogP contribution in [-0.4, -0.2) is 27.7 Å². The van der Waals surface area contributed by atoms with Crippen molar-refractivity contribution in [2.45, 2.75) is 19.5 Å². The largest absolute Gasteiger partial charge is 0.454 e. The lowest BCUT2D eigenvalue weighted by Crippen LogP contribution is -2.35. The van der Waals surface area contributed by atoms with Crippen molar-refractivity contribution in [1.29, 1.82) is 0 Å². The van der Waals surface area contributed by atoms with Crippen LogP contribution in [0.4, 0.5) is 0 Å². The molecule has 0 unspecified atom stereocenters. The van der Waals surface area contributed by atoms with Gasteiger partial charge in [-0.2, -0.15) is 0 Å². The maximum atomic E-state index is 12.4. The smallest absolute Gasteiger partial charge is 0.278 e. The number of hydrogen-bond donors (Lipinski definition) is 1. The van der Waals surface area contributed by atoms with Crippen molar-refractivity contribution in [3.63, 3.8) is 0 Å². The fraction of sp³-hybridized carbons (Fsp3) is 0.222. The van der Waals surface area contributed by atoms with Gasteiger partial charge in [-0.15, -0.1) is 5.10 Å². The van der Waals surface area contributed by atoms with Crippen LogP contribution >= 0.6 is 0 Å². The zero-order valence-electron chi connectivity index (χ0n) is 14.0. The minimum atomic E-state index is -0.346. The van der Waals surface area contributed by atoms with Gasteiger partial charge in [0.1, 0.15) is 12.1 Å². The van der Waals surface area contributed by atoms with E-state index < -0.39 is 0 Å². The number of amides is 1. The fourth-order valence-electron chi connectivity index (χ4n) is 2.82. The minimum absolute atomic E-state index is 0.197. The van der Waals surface area contributed by atoms with Crippen LogP contribution < -0.4 is 20.3 Å². The first kappa shape index (κ1) is 16.1. The van der Waals surface area contributed by atoms with E-state index in [9.17, 15) is 9.59 Å². The molecule has 8 nitrogen and oxygen atoms in total. The SMILES string of the molecule is C[C@@H](NC(=O)Cn1nnc2ccccc2c1=O)c1ccc2c(c1)OCO2. The summed E-state index contributed by atoms with van der Waals surface area (Å²) in [6, 6.07) is 12.1. The number of aromatic nitrogens is 3. The van der Waals surface area contributed by atoms with E-state index >= 15 is 0 Å². The van der Waals surface area contributed by atoms with Crippen molar-refractivity contribution in [1.82, 2.24) is 20.3 Å². The summed E-state index contributed by atoms with van der Waals surface area (Å²) in [6.07, 6.45) is 0. The minimum Gasteiger partial charge on any atom is -0.454 e. The molecule has 0 bridgehead atoms. The molecule has 132 valence electrons. The summed E-state index contributed by atoms with van der Waals surface area (Å²) in [4.78, 5) is 24.7. The van der Waals surface area contributed by atoms with Crippen molar-refractivity contribution >= 4 is 16.8 Å². The molecule has 1 atom stereocenters. The molecule has 1 aliphatic rings. The van der Waals surface area contributed by atoms with E-state index in [1.54, 1.807) is 30.3 Å². The molecule has 0 aliphatic carbocycles. The lowest BCUT2D eigenvalue weighted by atomic mass is 10.1. The van der Waals surface area contributed by atoms with Gasteiger partial charge >= 0.3 is 0 Å². The Morgan fingerprint density at radius 2 is 2.04 bits per heavy atom. The molecule has 1 N–H and O–H groups in total. The highest BCUT2D eigenvalue weighted by molar-refractivity contribution is 5.78. The van der Waals surface area contributed by atoms with Crippen molar-refractivity contribution < 1.29 is 14.3 Å². The molecule has 0 radical (unpaired) electrons. The molecule has 26 heavy (non-hydrogen) atoms. The van der Waals surface area contributed by atoms with Gasteiger partial charge in [0, 0.05) is 0 Å². The third kappa shape index (κ3) is 2.97. The van der Waals surface area contributed by atoms with E-state index in [1.807, 2.05) is 19.1 Å². The molecule has 0 saturated heterocycles. The van der Waals surface area contributed by atoms with Gasteiger partial charge in [-0.25, -0.2) is 4.68 Å². The van der Waals surface area contributed by atoms with E-state index in [4.69, 9.17) is 9.47 Å². The first-order valence-electron chi connectivity index (χ1n) is 8.13. The second kappa shape index (κ2) is 6.47. The normalized spacial score (nSPS) is 13.6. The van der Waals surface area contributed by atoms with Gasteiger partial charge in [-0.3, -0.25) is 9.59 Å². The molecule has 8 heteroatoms. The van der Waals surface area contributed by atoms with E-state index in [2.05, 4.69) is 15.6 Å². The molecule has 1 aromatic heterocycles. The van der Waals surface area contributed by atoms with E-state index in [1.165, 1.54) is 0 Å².